The molecule has 5 nitrogen and oxygen atoms in total. The number of aryl methyl sites for hydroxylation is 1. The van der Waals surface area contributed by atoms with Gasteiger partial charge in [0.1, 0.15) is 0 Å². The molecule has 0 spiro atoms. The fourth-order valence-electron chi connectivity index (χ4n) is 4.51. The van der Waals surface area contributed by atoms with Gasteiger partial charge in [-0.25, -0.2) is 9.97 Å². The molecule has 1 aromatic rings. The quantitative estimate of drug-likeness (QED) is 0.842. The van der Waals surface area contributed by atoms with Gasteiger partial charge in [-0.15, -0.1) is 0 Å². The van der Waals surface area contributed by atoms with Crippen LogP contribution in [0.1, 0.15) is 83.0 Å². The normalized spacial score (nSPS) is 21.9. The van der Waals surface area contributed by atoms with Crippen LogP contribution in [0.25, 0.3) is 0 Å². The summed E-state index contributed by atoms with van der Waals surface area (Å²) in [7, 11) is 0. The summed E-state index contributed by atoms with van der Waals surface area (Å²) in [4.78, 5) is 14.6. The van der Waals surface area contributed by atoms with E-state index in [2.05, 4.69) is 49.0 Å². The summed E-state index contributed by atoms with van der Waals surface area (Å²) in [5, 5.41) is 3.83. The topological polar surface area (TPSA) is 44.3 Å². The number of piperidine rings is 1. The Balaban J connectivity index is 1.58. The van der Waals surface area contributed by atoms with Crippen molar-refractivity contribution in [1.82, 2.24) is 20.2 Å². The van der Waals surface area contributed by atoms with Crippen molar-refractivity contribution in [3.63, 3.8) is 0 Å². The number of anilines is 1. The molecule has 0 saturated carbocycles. The van der Waals surface area contributed by atoms with Crippen molar-refractivity contribution in [2.75, 3.05) is 31.1 Å². The van der Waals surface area contributed by atoms with Crippen molar-refractivity contribution < 1.29 is 0 Å². The van der Waals surface area contributed by atoms with Crippen molar-refractivity contribution in [1.29, 1.82) is 0 Å². The third kappa shape index (κ3) is 5.64. The van der Waals surface area contributed by atoms with Gasteiger partial charge in [-0.1, -0.05) is 19.3 Å². The average molecular weight is 374 g/mol. The first kappa shape index (κ1) is 20.5. The molecule has 2 aliphatic rings. The van der Waals surface area contributed by atoms with E-state index in [4.69, 9.17) is 9.97 Å². The summed E-state index contributed by atoms with van der Waals surface area (Å²) in [6.07, 6.45) is 11.1. The third-order valence-electron chi connectivity index (χ3n) is 6.36. The van der Waals surface area contributed by atoms with Crippen LogP contribution in [-0.2, 0) is 0 Å². The molecule has 0 amide bonds. The SMILES string of the molecule is Cc1nc(N2CCCCCCC2)ncc1[C@@H](C)NC1CCN(C(C)C)CC1. The van der Waals surface area contributed by atoms with Crippen molar-refractivity contribution in [2.24, 2.45) is 0 Å². The molecule has 0 aliphatic carbocycles. The molecule has 0 bridgehead atoms. The second-order valence-corrected chi connectivity index (χ2v) is 8.76. The first-order chi connectivity index (χ1) is 13.0. The Morgan fingerprint density at radius 2 is 1.59 bits per heavy atom. The van der Waals surface area contributed by atoms with Gasteiger partial charge >= 0.3 is 0 Å². The van der Waals surface area contributed by atoms with Crippen LogP contribution in [0.5, 0.6) is 0 Å². The zero-order valence-electron chi connectivity index (χ0n) is 17.9. The molecule has 1 atom stereocenters. The highest BCUT2D eigenvalue weighted by Gasteiger charge is 2.23. The molecule has 0 radical (unpaired) electrons. The first-order valence-electron chi connectivity index (χ1n) is 11.1. The maximum atomic E-state index is 4.89. The number of hydrogen-bond acceptors (Lipinski definition) is 5. The van der Waals surface area contributed by atoms with Crippen LogP contribution < -0.4 is 10.2 Å². The summed E-state index contributed by atoms with van der Waals surface area (Å²) >= 11 is 0. The van der Waals surface area contributed by atoms with Gasteiger partial charge in [0.05, 0.1) is 0 Å². The second-order valence-electron chi connectivity index (χ2n) is 8.76. The van der Waals surface area contributed by atoms with Gasteiger partial charge in [0.2, 0.25) is 5.95 Å². The Hall–Kier alpha value is -1.20. The molecule has 5 heteroatoms. The smallest absolute Gasteiger partial charge is 0.225 e. The highest BCUT2D eigenvalue weighted by Crippen LogP contribution is 2.22. The van der Waals surface area contributed by atoms with Crippen molar-refractivity contribution in [3.05, 3.63) is 17.5 Å². The lowest BCUT2D eigenvalue weighted by Crippen LogP contribution is -2.45. The average Bonchev–Trinajstić information content (AvgIpc) is 2.61. The predicted octanol–water partition coefficient (Wildman–Crippen LogP) is 4.08. The van der Waals surface area contributed by atoms with Gasteiger partial charge in [0.15, 0.2) is 0 Å². The van der Waals surface area contributed by atoms with Crippen LogP contribution in [0.2, 0.25) is 0 Å². The van der Waals surface area contributed by atoms with E-state index >= 15 is 0 Å². The predicted molar refractivity (Wildman–Crippen MR) is 113 cm³/mol. The van der Waals surface area contributed by atoms with E-state index in [0.29, 0.717) is 18.1 Å². The standard InChI is InChI=1S/C22H39N5/c1-17(2)26-14-10-20(11-15-26)24-18(3)21-16-23-22(25-19(21)4)27-12-8-6-5-7-9-13-27/h16-18,20,24H,5-15H2,1-4H3/t18-/m1/s1. The highest BCUT2D eigenvalue weighted by molar-refractivity contribution is 5.34. The molecule has 1 aromatic heterocycles. The molecule has 152 valence electrons. The van der Waals surface area contributed by atoms with Crippen molar-refractivity contribution in [2.45, 2.75) is 90.8 Å². The molecule has 2 aliphatic heterocycles. The van der Waals surface area contributed by atoms with E-state index in [0.717, 1.165) is 24.7 Å². The summed E-state index contributed by atoms with van der Waals surface area (Å²) in [6, 6.07) is 1.57. The minimum Gasteiger partial charge on any atom is -0.341 e. The Kier molecular flexibility index (Phi) is 7.48. The van der Waals surface area contributed by atoms with Gasteiger partial charge in [0, 0.05) is 48.7 Å². The number of aromatic nitrogens is 2. The van der Waals surface area contributed by atoms with Gasteiger partial charge < -0.3 is 15.1 Å². The fraction of sp³-hybridized carbons (Fsp3) is 0.818. The zero-order valence-corrected chi connectivity index (χ0v) is 17.9. The number of likely N-dealkylation sites (tertiary alicyclic amines) is 1. The zero-order chi connectivity index (χ0) is 19.2. The van der Waals surface area contributed by atoms with Crippen molar-refractivity contribution >= 4 is 5.95 Å². The molecule has 27 heavy (non-hydrogen) atoms. The van der Waals surface area contributed by atoms with E-state index in [1.165, 1.54) is 63.6 Å². The molecular weight excluding hydrogens is 334 g/mol. The monoisotopic (exact) mass is 373 g/mol. The van der Waals surface area contributed by atoms with E-state index in [-0.39, 0.29) is 0 Å². The summed E-state index contributed by atoms with van der Waals surface area (Å²) in [6.45, 7) is 13.6. The van der Waals surface area contributed by atoms with Crippen LogP contribution >= 0.6 is 0 Å². The maximum Gasteiger partial charge on any atom is 0.225 e. The lowest BCUT2D eigenvalue weighted by molar-refractivity contribution is 0.157. The molecule has 1 N–H and O–H groups in total. The van der Waals surface area contributed by atoms with Gasteiger partial charge in [-0.05, 0) is 66.5 Å². The van der Waals surface area contributed by atoms with Crippen LogP contribution in [0.3, 0.4) is 0 Å². The lowest BCUT2D eigenvalue weighted by Gasteiger charge is -2.36. The molecule has 2 fully saturated rings. The second kappa shape index (κ2) is 9.83. The fourth-order valence-corrected chi connectivity index (χ4v) is 4.51. The lowest BCUT2D eigenvalue weighted by atomic mass is 10.0. The first-order valence-corrected chi connectivity index (χ1v) is 11.1. The minimum absolute atomic E-state index is 0.307. The van der Waals surface area contributed by atoms with E-state index in [1.54, 1.807) is 0 Å². The number of rotatable bonds is 5. The molecule has 2 saturated heterocycles. The summed E-state index contributed by atoms with van der Waals surface area (Å²) < 4.78 is 0. The van der Waals surface area contributed by atoms with E-state index in [9.17, 15) is 0 Å². The van der Waals surface area contributed by atoms with Crippen molar-refractivity contribution in [3.8, 4) is 0 Å². The molecule has 0 aromatic carbocycles. The van der Waals surface area contributed by atoms with Gasteiger partial charge in [0.25, 0.3) is 0 Å². The number of nitrogens with one attached hydrogen (secondary N) is 1. The molecule has 0 unspecified atom stereocenters. The maximum absolute atomic E-state index is 4.89. The molecule has 3 rings (SSSR count). The largest absolute Gasteiger partial charge is 0.341 e. The minimum atomic E-state index is 0.307. The number of nitrogens with zero attached hydrogens (tertiary/aromatic N) is 4. The van der Waals surface area contributed by atoms with Gasteiger partial charge in [-0.3, -0.25) is 0 Å². The van der Waals surface area contributed by atoms with E-state index in [1.807, 2.05) is 0 Å². The Morgan fingerprint density at radius 1 is 0.963 bits per heavy atom. The number of hydrogen-bond donors (Lipinski definition) is 1. The summed E-state index contributed by atoms with van der Waals surface area (Å²) in [5.74, 6) is 0.926. The highest BCUT2D eigenvalue weighted by atomic mass is 15.2. The summed E-state index contributed by atoms with van der Waals surface area (Å²) in [5.41, 5.74) is 2.37. The molecular formula is C22H39N5. The molecule has 3 heterocycles. The van der Waals surface area contributed by atoms with Crippen LogP contribution in [-0.4, -0.2) is 53.1 Å². The van der Waals surface area contributed by atoms with Crippen LogP contribution in [0.15, 0.2) is 6.20 Å². The third-order valence-corrected chi connectivity index (χ3v) is 6.36. The van der Waals surface area contributed by atoms with Crippen LogP contribution in [0, 0.1) is 6.92 Å². The van der Waals surface area contributed by atoms with Gasteiger partial charge in [-0.2, -0.15) is 0 Å². The van der Waals surface area contributed by atoms with Crippen LogP contribution in [0.4, 0.5) is 5.95 Å². The Labute approximate surface area is 165 Å². The Morgan fingerprint density at radius 3 is 2.19 bits per heavy atom. The van der Waals surface area contributed by atoms with E-state index < -0.39 is 0 Å². The Bertz CT molecular complexity index is 572.